The van der Waals surface area contributed by atoms with Gasteiger partial charge in [0.05, 0.1) is 6.61 Å². The summed E-state index contributed by atoms with van der Waals surface area (Å²) in [4.78, 5) is 14.1. The Kier molecular flexibility index (Phi) is 5.15. The molecule has 0 aliphatic rings. The monoisotopic (exact) mass is 133 g/mol. The fourth-order valence-electron chi connectivity index (χ4n) is 0.462. The Hall–Kier alpha value is -0.610. The molecule has 0 aromatic carbocycles. The molecule has 3 N–H and O–H groups in total. The SMILES string of the molecule is NOCCCCC(=O)O. The lowest BCUT2D eigenvalue weighted by Gasteiger charge is -1.93. The van der Waals surface area contributed by atoms with Crippen LogP contribution >= 0.6 is 0 Å². The maximum absolute atomic E-state index is 9.89. The van der Waals surface area contributed by atoms with Gasteiger partial charge in [-0.25, -0.2) is 5.90 Å². The zero-order chi connectivity index (χ0) is 7.11. The molecular formula is C5H11NO3. The Labute approximate surface area is 53.6 Å². The molecule has 0 unspecified atom stereocenters. The highest BCUT2D eigenvalue weighted by molar-refractivity contribution is 5.66. The summed E-state index contributed by atoms with van der Waals surface area (Å²) in [6.07, 6.45) is 1.54. The molecule has 54 valence electrons. The van der Waals surface area contributed by atoms with Gasteiger partial charge in [-0.3, -0.25) is 4.79 Å². The van der Waals surface area contributed by atoms with Crippen LogP contribution in [0, 0.1) is 0 Å². The predicted octanol–water partition coefficient (Wildman–Crippen LogP) is 0.132. The fraction of sp³-hybridized carbons (Fsp3) is 0.800. The maximum atomic E-state index is 9.89. The van der Waals surface area contributed by atoms with E-state index < -0.39 is 5.97 Å². The van der Waals surface area contributed by atoms with Crippen molar-refractivity contribution in [3.8, 4) is 0 Å². The average molecular weight is 133 g/mol. The van der Waals surface area contributed by atoms with Crippen LogP contribution in [-0.2, 0) is 9.63 Å². The van der Waals surface area contributed by atoms with E-state index in [0.29, 0.717) is 19.4 Å². The molecular weight excluding hydrogens is 122 g/mol. The van der Waals surface area contributed by atoms with E-state index in [2.05, 4.69) is 4.84 Å². The normalized spacial score (nSPS) is 9.44. The maximum Gasteiger partial charge on any atom is 0.303 e. The molecule has 0 aliphatic heterocycles. The van der Waals surface area contributed by atoms with Crippen molar-refractivity contribution in [2.24, 2.45) is 5.90 Å². The van der Waals surface area contributed by atoms with Crippen molar-refractivity contribution in [1.29, 1.82) is 0 Å². The molecule has 0 aromatic heterocycles. The summed E-state index contributed by atoms with van der Waals surface area (Å²) in [5.74, 6) is 3.93. The molecule has 0 aliphatic carbocycles. The molecule has 0 saturated carbocycles. The van der Waals surface area contributed by atoms with Gasteiger partial charge in [-0.2, -0.15) is 0 Å². The third-order valence-corrected chi connectivity index (χ3v) is 0.903. The van der Waals surface area contributed by atoms with Crippen LogP contribution in [0.5, 0.6) is 0 Å². The molecule has 0 rings (SSSR count). The first-order chi connectivity index (χ1) is 4.27. The van der Waals surface area contributed by atoms with Gasteiger partial charge in [0.25, 0.3) is 0 Å². The quantitative estimate of drug-likeness (QED) is 0.413. The van der Waals surface area contributed by atoms with Gasteiger partial charge in [-0.1, -0.05) is 0 Å². The number of carboxylic acid groups (broad SMARTS) is 1. The lowest BCUT2D eigenvalue weighted by molar-refractivity contribution is -0.137. The molecule has 0 fully saturated rings. The Morgan fingerprint density at radius 1 is 1.56 bits per heavy atom. The molecule has 9 heavy (non-hydrogen) atoms. The van der Waals surface area contributed by atoms with Gasteiger partial charge in [0.1, 0.15) is 0 Å². The van der Waals surface area contributed by atoms with E-state index in [1.165, 1.54) is 0 Å². The first-order valence-corrected chi connectivity index (χ1v) is 2.81. The average Bonchev–Trinajstić information content (AvgIpc) is 1.80. The van der Waals surface area contributed by atoms with Crippen LogP contribution < -0.4 is 5.90 Å². The van der Waals surface area contributed by atoms with Crippen molar-refractivity contribution >= 4 is 5.97 Å². The minimum absolute atomic E-state index is 0.198. The van der Waals surface area contributed by atoms with Crippen LogP contribution in [-0.4, -0.2) is 17.7 Å². The number of unbranched alkanes of at least 4 members (excludes halogenated alkanes) is 1. The van der Waals surface area contributed by atoms with Crippen molar-refractivity contribution in [3.63, 3.8) is 0 Å². The minimum Gasteiger partial charge on any atom is -0.481 e. The Morgan fingerprint density at radius 3 is 2.67 bits per heavy atom. The number of aliphatic carboxylic acids is 1. The van der Waals surface area contributed by atoms with E-state index in [9.17, 15) is 4.79 Å². The van der Waals surface area contributed by atoms with E-state index in [1.807, 2.05) is 0 Å². The molecule has 0 radical (unpaired) electrons. The van der Waals surface area contributed by atoms with Crippen LogP contribution in [0.1, 0.15) is 19.3 Å². The molecule has 0 saturated heterocycles. The number of carboxylic acids is 1. The van der Waals surface area contributed by atoms with Crippen molar-refractivity contribution in [1.82, 2.24) is 0 Å². The predicted molar refractivity (Wildman–Crippen MR) is 31.6 cm³/mol. The van der Waals surface area contributed by atoms with Gasteiger partial charge in [0.2, 0.25) is 0 Å². The fourth-order valence-corrected chi connectivity index (χ4v) is 0.462. The second kappa shape index (κ2) is 5.53. The van der Waals surface area contributed by atoms with Crippen molar-refractivity contribution in [2.75, 3.05) is 6.61 Å². The lowest BCUT2D eigenvalue weighted by Crippen LogP contribution is -2.02. The van der Waals surface area contributed by atoms with Gasteiger partial charge in [0.15, 0.2) is 0 Å². The van der Waals surface area contributed by atoms with Crippen LogP contribution in [0.25, 0.3) is 0 Å². The Morgan fingerprint density at radius 2 is 2.22 bits per heavy atom. The molecule has 0 atom stereocenters. The third-order valence-electron chi connectivity index (χ3n) is 0.903. The second-order valence-electron chi connectivity index (χ2n) is 1.72. The summed E-state index contributed by atoms with van der Waals surface area (Å²) in [5.41, 5.74) is 0. The van der Waals surface area contributed by atoms with Crippen LogP contribution in [0.15, 0.2) is 0 Å². The number of carbonyl (C=O) groups is 1. The highest BCUT2D eigenvalue weighted by atomic mass is 16.6. The molecule has 0 spiro atoms. The van der Waals surface area contributed by atoms with Crippen molar-refractivity contribution in [2.45, 2.75) is 19.3 Å². The van der Waals surface area contributed by atoms with E-state index >= 15 is 0 Å². The summed E-state index contributed by atoms with van der Waals surface area (Å²) in [5, 5.41) is 8.14. The van der Waals surface area contributed by atoms with Gasteiger partial charge in [0, 0.05) is 6.42 Å². The highest BCUT2D eigenvalue weighted by Crippen LogP contribution is 1.93. The summed E-state index contributed by atoms with van der Waals surface area (Å²) < 4.78 is 0. The Balaban J connectivity index is 2.83. The first-order valence-electron chi connectivity index (χ1n) is 2.81. The number of nitrogens with two attached hydrogens (primary N) is 1. The lowest BCUT2D eigenvalue weighted by atomic mass is 10.2. The second-order valence-corrected chi connectivity index (χ2v) is 1.72. The highest BCUT2D eigenvalue weighted by Gasteiger charge is 1.94. The van der Waals surface area contributed by atoms with Crippen molar-refractivity contribution < 1.29 is 14.7 Å². The number of rotatable bonds is 5. The molecule has 0 bridgehead atoms. The first kappa shape index (κ1) is 8.39. The summed E-state index contributed by atoms with van der Waals surface area (Å²) in [7, 11) is 0. The van der Waals surface area contributed by atoms with Gasteiger partial charge >= 0.3 is 5.97 Å². The smallest absolute Gasteiger partial charge is 0.303 e. The van der Waals surface area contributed by atoms with Crippen molar-refractivity contribution in [3.05, 3.63) is 0 Å². The van der Waals surface area contributed by atoms with Gasteiger partial charge in [-0.15, -0.1) is 0 Å². The van der Waals surface area contributed by atoms with E-state index in [0.717, 1.165) is 0 Å². The van der Waals surface area contributed by atoms with Gasteiger partial charge < -0.3 is 9.94 Å². The largest absolute Gasteiger partial charge is 0.481 e. The zero-order valence-electron chi connectivity index (χ0n) is 5.17. The van der Waals surface area contributed by atoms with Crippen LogP contribution in [0.2, 0.25) is 0 Å². The number of hydrogen-bond donors (Lipinski definition) is 2. The van der Waals surface area contributed by atoms with E-state index in [-0.39, 0.29) is 6.42 Å². The Bertz CT molecular complexity index is 84.3. The van der Waals surface area contributed by atoms with Crippen LogP contribution in [0.3, 0.4) is 0 Å². The standard InChI is InChI=1S/C5H11NO3/c6-9-4-2-1-3-5(7)8/h1-4,6H2,(H,7,8). The minimum atomic E-state index is -0.771. The van der Waals surface area contributed by atoms with Crippen LogP contribution in [0.4, 0.5) is 0 Å². The molecule has 0 amide bonds. The summed E-state index contributed by atoms with van der Waals surface area (Å²) in [6, 6.07) is 0. The molecule has 0 aromatic rings. The summed E-state index contributed by atoms with van der Waals surface area (Å²) >= 11 is 0. The third kappa shape index (κ3) is 7.39. The molecule has 0 heterocycles. The van der Waals surface area contributed by atoms with Gasteiger partial charge in [-0.05, 0) is 12.8 Å². The summed E-state index contributed by atoms with van der Waals surface area (Å²) in [6.45, 7) is 0.438. The number of hydrogen-bond acceptors (Lipinski definition) is 3. The molecule has 4 nitrogen and oxygen atoms in total. The van der Waals surface area contributed by atoms with E-state index in [4.69, 9.17) is 11.0 Å². The topological polar surface area (TPSA) is 72.5 Å². The van der Waals surface area contributed by atoms with E-state index in [1.54, 1.807) is 0 Å². The zero-order valence-corrected chi connectivity index (χ0v) is 5.17. The molecule has 4 heteroatoms.